The highest BCUT2D eigenvalue weighted by Gasteiger charge is 2.24. The highest BCUT2D eigenvalue weighted by atomic mass is 35.5. The lowest BCUT2D eigenvalue weighted by Gasteiger charge is -2.13. The maximum absolute atomic E-state index is 11.7. The second-order valence-electron chi connectivity index (χ2n) is 5.78. The van der Waals surface area contributed by atoms with E-state index in [1.54, 1.807) is 18.2 Å². The van der Waals surface area contributed by atoms with E-state index in [1.807, 2.05) is 32.0 Å². The topological polar surface area (TPSA) is 93.0 Å². The molecule has 9 heteroatoms. The molecule has 7 nitrogen and oxygen atoms in total. The minimum atomic E-state index is -0.547. The molecular weight excluding hydrogens is 389 g/mol. The third kappa shape index (κ3) is 3.94. The summed E-state index contributed by atoms with van der Waals surface area (Å²) in [6.45, 7) is 3.89. The second kappa shape index (κ2) is 7.77. The summed E-state index contributed by atoms with van der Waals surface area (Å²) in [6, 6.07) is 10.6. The van der Waals surface area contributed by atoms with Gasteiger partial charge in [-0.1, -0.05) is 41.4 Å². The number of nitro groups is 1. The van der Waals surface area contributed by atoms with Gasteiger partial charge in [-0.25, -0.2) is 9.97 Å². The molecule has 0 aliphatic rings. The maximum Gasteiger partial charge on any atom is 0.353 e. The van der Waals surface area contributed by atoms with Gasteiger partial charge in [0.2, 0.25) is 11.6 Å². The molecule has 0 radical (unpaired) electrons. The van der Waals surface area contributed by atoms with Crippen LogP contribution >= 0.6 is 23.2 Å². The van der Waals surface area contributed by atoms with Crippen molar-refractivity contribution in [3.8, 4) is 0 Å². The molecule has 0 saturated carbocycles. The summed E-state index contributed by atoms with van der Waals surface area (Å²) in [5.74, 6) is 0.0799. The Morgan fingerprint density at radius 3 is 2.22 bits per heavy atom. The van der Waals surface area contributed by atoms with Crippen molar-refractivity contribution in [2.45, 2.75) is 13.8 Å². The van der Waals surface area contributed by atoms with E-state index < -0.39 is 4.92 Å². The summed E-state index contributed by atoms with van der Waals surface area (Å²) in [7, 11) is 0. The number of benzene rings is 2. The normalized spacial score (nSPS) is 10.5. The number of anilines is 4. The number of hydrogen-bond acceptors (Lipinski definition) is 6. The lowest BCUT2D eigenvalue weighted by Crippen LogP contribution is -2.06. The fourth-order valence-corrected chi connectivity index (χ4v) is 2.82. The van der Waals surface area contributed by atoms with E-state index in [1.165, 1.54) is 6.33 Å². The van der Waals surface area contributed by atoms with E-state index in [0.29, 0.717) is 10.7 Å². The van der Waals surface area contributed by atoms with Crippen molar-refractivity contribution in [1.82, 2.24) is 9.97 Å². The first-order valence-corrected chi connectivity index (χ1v) is 8.67. The molecule has 0 bridgehead atoms. The van der Waals surface area contributed by atoms with Crippen LogP contribution in [0.25, 0.3) is 0 Å². The number of aryl methyl sites for hydroxylation is 1. The average molecular weight is 404 g/mol. The van der Waals surface area contributed by atoms with Crippen molar-refractivity contribution in [3.63, 3.8) is 0 Å². The number of aromatic nitrogens is 2. The van der Waals surface area contributed by atoms with Crippen LogP contribution in [0.15, 0.2) is 42.7 Å². The maximum atomic E-state index is 11.7. The van der Waals surface area contributed by atoms with E-state index in [0.717, 1.165) is 16.8 Å². The summed E-state index contributed by atoms with van der Waals surface area (Å²) in [5, 5.41) is 18.2. The number of rotatable bonds is 5. The lowest BCUT2D eigenvalue weighted by atomic mass is 10.1. The molecule has 0 fully saturated rings. The van der Waals surface area contributed by atoms with Crippen LogP contribution in [0.2, 0.25) is 10.0 Å². The first-order valence-electron chi connectivity index (χ1n) is 7.92. The van der Waals surface area contributed by atoms with E-state index >= 15 is 0 Å². The Morgan fingerprint density at radius 2 is 1.56 bits per heavy atom. The number of halogens is 2. The van der Waals surface area contributed by atoms with Crippen molar-refractivity contribution in [1.29, 1.82) is 0 Å². The molecule has 0 saturated heterocycles. The first kappa shape index (κ1) is 18.9. The van der Waals surface area contributed by atoms with Crippen LogP contribution < -0.4 is 10.6 Å². The zero-order chi connectivity index (χ0) is 19.6. The molecule has 0 atom stereocenters. The Labute approximate surface area is 165 Å². The van der Waals surface area contributed by atoms with Gasteiger partial charge in [-0.05, 0) is 43.2 Å². The van der Waals surface area contributed by atoms with Gasteiger partial charge in [-0.3, -0.25) is 10.1 Å². The van der Waals surface area contributed by atoms with Gasteiger partial charge in [-0.2, -0.15) is 0 Å². The van der Waals surface area contributed by atoms with E-state index in [-0.39, 0.29) is 22.3 Å². The predicted molar refractivity (Wildman–Crippen MR) is 108 cm³/mol. The van der Waals surface area contributed by atoms with Gasteiger partial charge < -0.3 is 10.6 Å². The molecule has 0 amide bonds. The quantitative estimate of drug-likeness (QED) is 0.413. The molecule has 1 heterocycles. The van der Waals surface area contributed by atoms with Crippen LogP contribution in [0.5, 0.6) is 0 Å². The Bertz CT molecular complexity index is 955. The van der Waals surface area contributed by atoms with E-state index in [9.17, 15) is 10.1 Å². The Balaban J connectivity index is 2.04. The minimum Gasteiger partial charge on any atom is -0.334 e. The molecule has 138 valence electrons. The highest BCUT2D eigenvalue weighted by Crippen LogP contribution is 2.37. The Morgan fingerprint density at radius 1 is 0.963 bits per heavy atom. The van der Waals surface area contributed by atoms with Crippen LogP contribution in [0.3, 0.4) is 0 Å². The van der Waals surface area contributed by atoms with Crippen LogP contribution in [-0.2, 0) is 0 Å². The van der Waals surface area contributed by atoms with Crippen molar-refractivity contribution in [2.75, 3.05) is 10.6 Å². The Hall–Kier alpha value is -2.90. The number of nitrogens with zero attached hydrogens (tertiary/aromatic N) is 3. The van der Waals surface area contributed by atoms with Gasteiger partial charge in [0.1, 0.15) is 6.33 Å². The fraction of sp³-hybridized carbons (Fsp3) is 0.111. The van der Waals surface area contributed by atoms with Crippen molar-refractivity contribution in [3.05, 3.63) is 74.0 Å². The summed E-state index contributed by atoms with van der Waals surface area (Å²) < 4.78 is 0. The second-order valence-corrected chi connectivity index (χ2v) is 6.56. The predicted octanol–water partition coefficient (Wildman–Crippen LogP) is 5.80. The molecule has 3 aromatic rings. The molecule has 1 aromatic heterocycles. The molecule has 0 unspecified atom stereocenters. The van der Waals surface area contributed by atoms with Gasteiger partial charge in [0.25, 0.3) is 0 Å². The number of hydrogen-bond donors (Lipinski definition) is 2. The summed E-state index contributed by atoms with van der Waals surface area (Å²) in [4.78, 5) is 19.2. The largest absolute Gasteiger partial charge is 0.353 e. The van der Waals surface area contributed by atoms with Crippen molar-refractivity contribution >= 4 is 51.9 Å². The van der Waals surface area contributed by atoms with Crippen LogP contribution in [0.4, 0.5) is 28.7 Å². The highest BCUT2D eigenvalue weighted by molar-refractivity contribution is 6.43. The molecule has 0 aliphatic carbocycles. The zero-order valence-corrected chi connectivity index (χ0v) is 16.0. The fourth-order valence-electron chi connectivity index (χ4n) is 2.48. The van der Waals surface area contributed by atoms with Crippen LogP contribution in [0, 0.1) is 24.0 Å². The average Bonchev–Trinajstić information content (AvgIpc) is 2.63. The standard InChI is InChI=1S/C18H15Cl2N5O2/c1-10-5-3-7-13(11(10)2)23-17-16(25(26)27)18(22-9-21-17)24-14-8-4-6-12(19)15(14)20/h3-9H,1-2H3,(H2,21,22,23,24). The minimum absolute atomic E-state index is 0.00646. The van der Waals surface area contributed by atoms with Crippen LogP contribution in [-0.4, -0.2) is 14.9 Å². The third-order valence-electron chi connectivity index (χ3n) is 4.07. The molecule has 2 aromatic carbocycles. The van der Waals surface area contributed by atoms with Gasteiger partial charge in [-0.15, -0.1) is 0 Å². The summed E-state index contributed by atoms with van der Waals surface area (Å²) in [5.41, 5.74) is 2.86. The molecule has 0 spiro atoms. The molecule has 2 N–H and O–H groups in total. The van der Waals surface area contributed by atoms with Crippen molar-refractivity contribution in [2.24, 2.45) is 0 Å². The van der Waals surface area contributed by atoms with Gasteiger partial charge in [0, 0.05) is 5.69 Å². The molecule has 0 aliphatic heterocycles. The number of nitrogens with one attached hydrogen (secondary N) is 2. The lowest BCUT2D eigenvalue weighted by molar-refractivity contribution is -0.383. The van der Waals surface area contributed by atoms with E-state index in [4.69, 9.17) is 23.2 Å². The smallest absolute Gasteiger partial charge is 0.334 e. The summed E-state index contributed by atoms with van der Waals surface area (Å²) in [6.07, 6.45) is 1.24. The zero-order valence-electron chi connectivity index (χ0n) is 14.5. The monoisotopic (exact) mass is 403 g/mol. The molecule has 27 heavy (non-hydrogen) atoms. The third-order valence-corrected chi connectivity index (χ3v) is 4.89. The summed E-state index contributed by atoms with van der Waals surface area (Å²) >= 11 is 12.2. The van der Waals surface area contributed by atoms with Crippen molar-refractivity contribution < 1.29 is 4.92 Å². The van der Waals surface area contributed by atoms with Gasteiger partial charge >= 0.3 is 5.69 Å². The van der Waals surface area contributed by atoms with E-state index in [2.05, 4.69) is 20.6 Å². The first-order chi connectivity index (χ1) is 12.9. The van der Waals surface area contributed by atoms with Gasteiger partial charge in [0.15, 0.2) is 0 Å². The van der Waals surface area contributed by atoms with Gasteiger partial charge in [0.05, 0.1) is 20.7 Å². The van der Waals surface area contributed by atoms with Crippen LogP contribution in [0.1, 0.15) is 11.1 Å². The molecule has 3 rings (SSSR count). The SMILES string of the molecule is Cc1cccc(Nc2ncnc(Nc3cccc(Cl)c3Cl)c2[N+](=O)[O-])c1C. The molecular formula is C18H15Cl2N5O2. The Kier molecular flexibility index (Phi) is 5.43.